The van der Waals surface area contributed by atoms with Crippen LogP contribution in [0.4, 0.5) is 5.69 Å². The van der Waals surface area contributed by atoms with Crippen LogP contribution in [0.2, 0.25) is 0 Å². The predicted octanol–water partition coefficient (Wildman–Crippen LogP) is 19.0. The molecule has 324 valence electrons. The summed E-state index contributed by atoms with van der Waals surface area (Å²) >= 11 is 5.40. The lowest BCUT2D eigenvalue weighted by Gasteiger charge is -2.26. The fourth-order valence-corrected chi connectivity index (χ4v) is 15.2. The first-order chi connectivity index (χ1) is 34.6. The second kappa shape index (κ2) is 14.7. The minimum atomic E-state index is 0.427. The number of nitrogens with zero attached hydrogens (tertiary/aromatic N) is 4. The molecule has 0 saturated heterocycles. The van der Waals surface area contributed by atoms with Gasteiger partial charge in [0, 0.05) is 79.1 Å². The molecule has 5 heterocycles. The molecule has 0 aliphatic heterocycles. The van der Waals surface area contributed by atoms with E-state index in [1.54, 1.807) is 11.3 Å². The summed E-state index contributed by atoms with van der Waals surface area (Å²) in [5.74, 6) is 0. The molecule has 0 fully saturated rings. The number of rotatable bonds is 4. The lowest BCUT2D eigenvalue weighted by atomic mass is 9.88. The number of hydrogen-bond donors (Lipinski definition) is 0. The first-order valence-corrected chi connectivity index (χ1v) is 25.7. The zero-order valence-electron chi connectivity index (χ0n) is 37.4. The zero-order valence-corrected chi connectivity index (χ0v) is 39.9. The van der Waals surface area contributed by atoms with Crippen LogP contribution in [-0.4, -0.2) is 9.13 Å². The van der Waals surface area contributed by atoms with E-state index in [-0.39, 0.29) is 0 Å². The second-order valence-electron chi connectivity index (χ2n) is 18.1. The van der Waals surface area contributed by atoms with E-state index in [0.717, 1.165) is 81.6 Å². The van der Waals surface area contributed by atoms with Crippen molar-refractivity contribution < 1.29 is 0 Å². The first kappa shape index (κ1) is 39.4. The highest BCUT2D eigenvalue weighted by molar-refractivity contribution is 7.27. The van der Waals surface area contributed by atoms with Gasteiger partial charge >= 0.3 is 0 Å². The molecule has 0 radical (unpaired) electrons. The third-order valence-electron chi connectivity index (χ3n) is 14.4. The van der Waals surface area contributed by atoms with Gasteiger partial charge in [-0.3, -0.25) is 0 Å². The third-order valence-corrected chi connectivity index (χ3v) is 18.0. The molecule has 0 unspecified atom stereocenters. The Balaban J connectivity index is 1.24. The van der Waals surface area contributed by atoms with Gasteiger partial charge in [-0.1, -0.05) is 163 Å². The van der Waals surface area contributed by atoms with Crippen molar-refractivity contribution in [3.63, 3.8) is 0 Å². The number of nitriles is 1. The van der Waals surface area contributed by atoms with E-state index in [0.29, 0.717) is 16.9 Å². The van der Waals surface area contributed by atoms with Gasteiger partial charge in [0.1, 0.15) is 6.07 Å². The summed E-state index contributed by atoms with van der Waals surface area (Å²) in [6, 6.07) is 69.9. The van der Waals surface area contributed by atoms with Crippen molar-refractivity contribution >= 4 is 144 Å². The van der Waals surface area contributed by atoms with Crippen LogP contribution < -0.4 is 0 Å². The Bertz CT molecular complexity index is 4650. The highest BCUT2D eigenvalue weighted by atomic mass is 32.1. The maximum absolute atomic E-state index is 12.3. The van der Waals surface area contributed by atoms with Crippen LogP contribution in [0, 0.1) is 24.8 Å². The Hall–Kier alpha value is -8.56. The van der Waals surface area contributed by atoms with Gasteiger partial charge < -0.3 is 9.13 Å². The van der Waals surface area contributed by atoms with Gasteiger partial charge in [0.2, 0.25) is 5.69 Å². The molecular formula is C63H34N4S3. The van der Waals surface area contributed by atoms with Gasteiger partial charge in [0.25, 0.3) is 0 Å². The van der Waals surface area contributed by atoms with Crippen molar-refractivity contribution in [2.24, 2.45) is 0 Å². The molecule has 0 aliphatic carbocycles. The Kier molecular flexibility index (Phi) is 8.29. The summed E-state index contributed by atoms with van der Waals surface area (Å²) in [6.45, 7) is 11.7. The van der Waals surface area contributed by atoms with E-state index in [1.807, 2.05) is 34.8 Å². The van der Waals surface area contributed by atoms with Gasteiger partial charge in [-0.05, 0) is 48.4 Å². The Morgan fingerprint density at radius 2 is 0.886 bits per heavy atom. The molecule has 7 heteroatoms. The molecule has 0 N–H and O–H groups in total. The molecule has 10 aromatic carbocycles. The molecular weight excluding hydrogens is 909 g/mol. The van der Waals surface area contributed by atoms with Crippen molar-refractivity contribution in [2.75, 3.05) is 0 Å². The van der Waals surface area contributed by atoms with Crippen molar-refractivity contribution in [1.82, 2.24) is 9.13 Å². The summed E-state index contributed by atoms with van der Waals surface area (Å²) in [6.07, 6.45) is 0. The van der Waals surface area contributed by atoms with Crippen molar-refractivity contribution in [3.05, 3.63) is 211 Å². The molecule has 0 amide bonds. The van der Waals surface area contributed by atoms with Crippen molar-refractivity contribution in [3.8, 4) is 39.7 Å². The van der Waals surface area contributed by atoms with E-state index in [2.05, 4.69) is 198 Å². The van der Waals surface area contributed by atoms with Gasteiger partial charge in [-0.2, -0.15) is 5.26 Å². The molecule has 15 aromatic rings. The summed E-state index contributed by atoms with van der Waals surface area (Å²) in [7, 11) is 0. The van der Waals surface area contributed by atoms with Crippen LogP contribution in [0.15, 0.2) is 188 Å². The Morgan fingerprint density at radius 1 is 0.429 bits per heavy atom. The van der Waals surface area contributed by atoms with E-state index in [9.17, 15) is 11.8 Å². The zero-order chi connectivity index (χ0) is 46.4. The van der Waals surface area contributed by atoms with Crippen LogP contribution in [0.3, 0.4) is 0 Å². The van der Waals surface area contributed by atoms with Gasteiger partial charge in [0.05, 0.1) is 59.7 Å². The van der Waals surface area contributed by atoms with E-state index in [4.69, 9.17) is 4.85 Å². The fraction of sp³-hybridized carbons (Fsp3) is 0.0159. The van der Waals surface area contributed by atoms with Crippen molar-refractivity contribution in [1.29, 1.82) is 5.26 Å². The lowest BCUT2D eigenvalue weighted by Crippen LogP contribution is -2.08. The normalized spacial score (nSPS) is 12.0. The molecule has 0 saturated carbocycles. The molecule has 70 heavy (non-hydrogen) atoms. The molecule has 4 nitrogen and oxygen atoms in total. The SMILES string of the molecule is [C-]#[N+]c1c(-c2ccccc2)c(-n2c3c(ccc4c5ccccc5sc43)c3ccc4c5ccccc5sc4c32)c(-c2ccccc2)c(C#N)c1-n1c2ccccc2c2ccc3c4cc(C)ccc4sc3c21. The second-order valence-corrected chi connectivity index (χ2v) is 21.3. The fourth-order valence-electron chi connectivity index (χ4n) is 11.5. The van der Waals surface area contributed by atoms with E-state index in [1.165, 1.54) is 56.0 Å². The van der Waals surface area contributed by atoms with Crippen LogP contribution in [0.25, 0.3) is 143 Å². The quantitative estimate of drug-likeness (QED) is 0.162. The number of fused-ring (bicyclic) bond motifs is 18. The standard InChI is InChI=1S/C63H34N4S3/c1-35-25-32-52-47(33-35)46-31-26-41-38-19-9-12-22-49(38)66(57(41)63(46)70-52)56-48(34-64)53(36-15-5-3-6-16-36)60(54(55(56)65-2)37-17-7-4-8-18-37)67-58-42(27-29-44-39-20-10-13-23-50(39)68-61(44)58)43-28-30-45-40-21-11-14-24-51(40)69-62(45)59(43)67/h3-33H,1H3. The average Bonchev–Trinajstić information content (AvgIpc) is 4.23. The average molecular weight is 943 g/mol. The van der Waals surface area contributed by atoms with Gasteiger partial charge in [0.15, 0.2) is 0 Å². The van der Waals surface area contributed by atoms with Crippen LogP contribution >= 0.6 is 34.0 Å². The van der Waals surface area contributed by atoms with E-state index < -0.39 is 0 Å². The summed E-state index contributed by atoms with van der Waals surface area (Å²) < 4.78 is 11.8. The predicted molar refractivity (Wildman–Crippen MR) is 300 cm³/mol. The molecule has 0 bridgehead atoms. The molecule has 0 aliphatic rings. The van der Waals surface area contributed by atoms with Gasteiger partial charge in [-0.25, -0.2) is 4.85 Å². The van der Waals surface area contributed by atoms with Crippen LogP contribution in [0.1, 0.15) is 11.1 Å². The number of hydrogen-bond acceptors (Lipinski definition) is 4. The van der Waals surface area contributed by atoms with Crippen molar-refractivity contribution in [2.45, 2.75) is 6.92 Å². The maximum atomic E-state index is 12.3. The highest BCUT2D eigenvalue weighted by Gasteiger charge is 2.33. The number of aryl methyl sites for hydroxylation is 1. The largest absolute Gasteiger partial charge is 0.316 e. The molecule has 15 rings (SSSR count). The summed E-state index contributed by atoms with van der Waals surface area (Å²) in [5, 5.41) is 23.8. The lowest BCUT2D eigenvalue weighted by molar-refractivity contribution is 1.15. The molecule has 0 atom stereocenters. The number of benzene rings is 10. The highest BCUT2D eigenvalue weighted by Crippen LogP contribution is 2.55. The topological polar surface area (TPSA) is 38.0 Å². The Labute approximate surface area is 412 Å². The van der Waals surface area contributed by atoms with Crippen LogP contribution in [0.5, 0.6) is 0 Å². The summed E-state index contributed by atoms with van der Waals surface area (Å²) in [4.78, 5) is 4.69. The first-order valence-electron chi connectivity index (χ1n) is 23.3. The Morgan fingerprint density at radius 3 is 1.46 bits per heavy atom. The van der Waals surface area contributed by atoms with Crippen LogP contribution in [-0.2, 0) is 0 Å². The minimum Gasteiger partial charge on any atom is -0.316 e. The third kappa shape index (κ3) is 5.26. The molecule has 5 aromatic heterocycles. The number of aromatic nitrogens is 2. The minimum absolute atomic E-state index is 0.427. The van der Waals surface area contributed by atoms with Gasteiger partial charge in [-0.15, -0.1) is 34.0 Å². The number of para-hydroxylation sites is 1. The molecule has 0 spiro atoms. The van der Waals surface area contributed by atoms with E-state index >= 15 is 0 Å². The smallest absolute Gasteiger partial charge is 0.221 e. The summed E-state index contributed by atoms with van der Waals surface area (Å²) in [5.41, 5.74) is 10.9. The maximum Gasteiger partial charge on any atom is 0.221 e. The monoisotopic (exact) mass is 942 g/mol. The number of thiophene rings is 3.